The molecule has 3 N–H and O–H groups in total. The highest BCUT2D eigenvalue weighted by molar-refractivity contribution is 4.71. The maximum atomic E-state index is 9.20. The lowest BCUT2D eigenvalue weighted by molar-refractivity contribution is 0.0593. The molecular weight excluding hydrogens is 102 g/mol. The standard InChI is InChI=1S/C6H15NO/c1-3-4-6(2,8)5-7/h8H,3-5,7H2,1-2H3/t6-/m1/s1. The molecule has 0 amide bonds. The van der Waals surface area contributed by atoms with Crippen molar-refractivity contribution in [2.75, 3.05) is 6.54 Å². The van der Waals surface area contributed by atoms with E-state index in [9.17, 15) is 5.11 Å². The summed E-state index contributed by atoms with van der Waals surface area (Å²) < 4.78 is 0. The molecular formula is C6H15NO. The highest BCUT2D eigenvalue weighted by Crippen LogP contribution is 2.07. The minimum absolute atomic E-state index is 0.362. The first-order valence-corrected chi connectivity index (χ1v) is 3.05. The summed E-state index contributed by atoms with van der Waals surface area (Å²) in [4.78, 5) is 0. The van der Waals surface area contributed by atoms with Crippen LogP contribution >= 0.6 is 0 Å². The minimum atomic E-state index is -0.630. The van der Waals surface area contributed by atoms with Gasteiger partial charge in [0.1, 0.15) is 0 Å². The van der Waals surface area contributed by atoms with Crippen LogP contribution in [0.25, 0.3) is 0 Å². The van der Waals surface area contributed by atoms with E-state index in [0.29, 0.717) is 6.54 Å². The maximum absolute atomic E-state index is 9.20. The van der Waals surface area contributed by atoms with E-state index < -0.39 is 5.60 Å². The Labute approximate surface area is 50.7 Å². The summed E-state index contributed by atoms with van der Waals surface area (Å²) in [5.74, 6) is 0. The summed E-state index contributed by atoms with van der Waals surface area (Å²) in [6.07, 6.45) is 1.79. The van der Waals surface area contributed by atoms with E-state index in [2.05, 4.69) is 0 Å². The van der Waals surface area contributed by atoms with Crippen LogP contribution in [0.15, 0.2) is 0 Å². The van der Waals surface area contributed by atoms with Gasteiger partial charge in [-0.2, -0.15) is 0 Å². The van der Waals surface area contributed by atoms with Crippen molar-refractivity contribution in [2.24, 2.45) is 5.73 Å². The number of hydrogen-bond acceptors (Lipinski definition) is 2. The molecule has 1 atom stereocenters. The van der Waals surface area contributed by atoms with E-state index >= 15 is 0 Å². The van der Waals surface area contributed by atoms with Gasteiger partial charge in [0, 0.05) is 6.54 Å². The second-order valence-electron chi connectivity index (χ2n) is 2.45. The highest BCUT2D eigenvalue weighted by Gasteiger charge is 2.14. The summed E-state index contributed by atoms with van der Waals surface area (Å²) in [5, 5.41) is 9.20. The van der Waals surface area contributed by atoms with Crippen molar-refractivity contribution in [3.63, 3.8) is 0 Å². The minimum Gasteiger partial charge on any atom is -0.389 e. The maximum Gasteiger partial charge on any atom is 0.0741 e. The Morgan fingerprint density at radius 3 is 2.25 bits per heavy atom. The summed E-state index contributed by atoms with van der Waals surface area (Å²) in [5.41, 5.74) is 4.61. The van der Waals surface area contributed by atoms with Crippen LogP contribution in [0.2, 0.25) is 0 Å². The Kier molecular flexibility index (Phi) is 3.02. The Morgan fingerprint density at radius 2 is 2.12 bits per heavy atom. The highest BCUT2D eigenvalue weighted by atomic mass is 16.3. The van der Waals surface area contributed by atoms with Crippen molar-refractivity contribution in [3.8, 4) is 0 Å². The third kappa shape index (κ3) is 2.99. The first-order valence-electron chi connectivity index (χ1n) is 3.05. The van der Waals surface area contributed by atoms with E-state index in [1.807, 2.05) is 6.92 Å². The van der Waals surface area contributed by atoms with Gasteiger partial charge in [0.05, 0.1) is 5.60 Å². The van der Waals surface area contributed by atoms with Crippen molar-refractivity contribution < 1.29 is 5.11 Å². The molecule has 2 nitrogen and oxygen atoms in total. The van der Waals surface area contributed by atoms with Gasteiger partial charge in [0.25, 0.3) is 0 Å². The Hall–Kier alpha value is -0.0800. The van der Waals surface area contributed by atoms with Crippen LogP contribution in [0.5, 0.6) is 0 Å². The van der Waals surface area contributed by atoms with Crippen molar-refractivity contribution in [1.29, 1.82) is 0 Å². The number of hydrogen-bond donors (Lipinski definition) is 2. The average Bonchev–Trinajstić information content (AvgIpc) is 1.67. The third-order valence-electron chi connectivity index (χ3n) is 1.23. The largest absolute Gasteiger partial charge is 0.389 e. The molecule has 0 aromatic rings. The summed E-state index contributed by atoms with van der Waals surface area (Å²) in [6, 6.07) is 0. The fourth-order valence-corrected chi connectivity index (χ4v) is 0.641. The van der Waals surface area contributed by atoms with Gasteiger partial charge in [-0.15, -0.1) is 0 Å². The lowest BCUT2D eigenvalue weighted by atomic mass is 10.0. The van der Waals surface area contributed by atoms with Crippen molar-refractivity contribution >= 4 is 0 Å². The zero-order chi connectivity index (χ0) is 6.62. The summed E-state index contributed by atoms with van der Waals surface area (Å²) >= 11 is 0. The van der Waals surface area contributed by atoms with E-state index in [0.717, 1.165) is 12.8 Å². The quantitative estimate of drug-likeness (QED) is 0.565. The Morgan fingerprint density at radius 1 is 1.62 bits per heavy atom. The fraction of sp³-hybridized carbons (Fsp3) is 1.00. The van der Waals surface area contributed by atoms with Crippen LogP contribution < -0.4 is 5.73 Å². The van der Waals surface area contributed by atoms with Crippen LogP contribution in [-0.2, 0) is 0 Å². The molecule has 0 aliphatic rings. The van der Waals surface area contributed by atoms with Crippen LogP contribution in [0, 0.1) is 0 Å². The predicted octanol–water partition coefficient (Wildman–Crippen LogP) is 0.496. The van der Waals surface area contributed by atoms with E-state index in [4.69, 9.17) is 5.73 Å². The third-order valence-corrected chi connectivity index (χ3v) is 1.23. The smallest absolute Gasteiger partial charge is 0.0741 e. The molecule has 0 aliphatic carbocycles. The lowest BCUT2D eigenvalue weighted by Gasteiger charge is -2.19. The molecule has 0 radical (unpaired) electrons. The van der Waals surface area contributed by atoms with Gasteiger partial charge in [-0.25, -0.2) is 0 Å². The Balaban J connectivity index is 3.37. The van der Waals surface area contributed by atoms with Crippen LogP contribution in [-0.4, -0.2) is 17.3 Å². The molecule has 0 saturated heterocycles. The molecule has 0 unspecified atom stereocenters. The first-order chi connectivity index (χ1) is 3.62. The van der Waals surface area contributed by atoms with E-state index in [1.165, 1.54) is 0 Å². The summed E-state index contributed by atoms with van der Waals surface area (Å²) in [6.45, 7) is 4.15. The molecule has 0 bridgehead atoms. The molecule has 50 valence electrons. The molecule has 2 heteroatoms. The molecule has 8 heavy (non-hydrogen) atoms. The average molecular weight is 117 g/mol. The normalized spacial score (nSPS) is 18.0. The van der Waals surface area contributed by atoms with Gasteiger partial charge in [-0.3, -0.25) is 0 Å². The topological polar surface area (TPSA) is 46.2 Å². The molecule has 0 aromatic heterocycles. The van der Waals surface area contributed by atoms with Crippen molar-refractivity contribution in [1.82, 2.24) is 0 Å². The van der Waals surface area contributed by atoms with Gasteiger partial charge in [0.2, 0.25) is 0 Å². The number of aliphatic hydroxyl groups is 1. The Bertz CT molecular complexity index is 61.5. The summed E-state index contributed by atoms with van der Waals surface area (Å²) in [7, 11) is 0. The van der Waals surface area contributed by atoms with Crippen LogP contribution in [0.4, 0.5) is 0 Å². The zero-order valence-electron chi connectivity index (χ0n) is 5.65. The van der Waals surface area contributed by atoms with E-state index in [1.54, 1.807) is 6.92 Å². The molecule has 0 aromatic carbocycles. The van der Waals surface area contributed by atoms with Crippen molar-refractivity contribution in [3.05, 3.63) is 0 Å². The molecule has 0 heterocycles. The van der Waals surface area contributed by atoms with Gasteiger partial charge in [0.15, 0.2) is 0 Å². The van der Waals surface area contributed by atoms with Gasteiger partial charge in [-0.1, -0.05) is 13.3 Å². The molecule has 0 spiro atoms. The SMILES string of the molecule is CCC[C@@](C)(O)CN. The number of nitrogens with two attached hydrogens (primary N) is 1. The molecule has 0 saturated carbocycles. The molecule has 0 aliphatic heterocycles. The fourth-order valence-electron chi connectivity index (χ4n) is 0.641. The van der Waals surface area contributed by atoms with Crippen molar-refractivity contribution in [2.45, 2.75) is 32.3 Å². The van der Waals surface area contributed by atoms with Gasteiger partial charge in [-0.05, 0) is 13.3 Å². The van der Waals surface area contributed by atoms with Gasteiger partial charge < -0.3 is 10.8 Å². The molecule has 0 rings (SSSR count). The van der Waals surface area contributed by atoms with Crippen LogP contribution in [0.1, 0.15) is 26.7 Å². The molecule has 0 fully saturated rings. The van der Waals surface area contributed by atoms with Crippen LogP contribution in [0.3, 0.4) is 0 Å². The monoisotopic (exact) mass is 117 g/mol. The first kappa shape index (κ1) is 7.92. The second kappa shape index (κ2) is 3.05. The zero-order valence-corrected chi connectivity index (χ0v) is 5.65. The van der Waals surface area contributed by atoms with E-state index in [-0.39, 0.29) is 0 Å². The number of rotatable bonds is 3. The lowest BCUT2D eigenvalue weighted by Crippen LogP contribution is -2.33. The van der Waals surface area contributed by atoms with Gasteiger partial charge >= 0.3 is 0 Å². The second-order valence-corrected chi connectivity index (χ2v) is 2.45. The predicted molar refractivity (Wildman–Crippen MR) is 34.6 cm³/mol.